The van der Waals surface area contributed by atoms with Gasteiger partial charge in [0, 0.05) is 29.1 Å². The number of nitrogens with one attached hydrogen (secondary N) is 1. The SMILES string of the molecule is COc1ccc(C(=O)C[C@@H](C)c2cc3ccccc3[nH]2)cc1. The number of fused-ring (bicyclic) bond motifs is 1. The molecule has 0 saturated heterocycles. The zero-order valence-electron chi connectivity index (χ0n) is 12.8. The largest absolute Gasteiger partial charge is 0.497 e. The van der Waals surface area contributed by atoms with Crippen molar-refractivity contribution < 1.29 is 9.53 Å². The molecule has 1 atom stereocenters. The quantitative estimate of drug-likeness (QED) is 0.701. The van der Waals surface area contributed by atoms with Crippen molar-refractivity contribution in [3.05, 3.63) is 65.9 Å². The fourth-order valence-corrected chi connectivity index (χ4v) is 2.64. The Balaban J connectivity index is 1.74. The lowest BCUT2D eigenvalue weighted by Crippen LogP contribution is -2.05. The van der Waals surface area contributed by atoms with Gasteiger partial charge in [0.15, 0.2) is 5.78 Å². The van der Waals surface area contributed by atoms with Gasteiger partial charge >= 0.3 is 0 Å². The van der Waals surface area contributed by atoms with Crippen molar-refractivity contribution in [3.63, 3.8) is 0 Å². The fraction of sp³-hybridized carbons (Fsp3) is 0.211. The van der Waals surface area contributed by atoms with Crippen molar-refractivity contribution >= 4 is 16.7 Å². The molecular weight excluding hydrogens is 274 g/mol. The van der Waals surface area contributed by atoms with Crippen molar-refractivity contribution in [2.75, 3.05) is 7.11 Å². The van der Waals surface area contributed by atoms with Crippen LogP contribution in [0.15, 0.2) is 54.6 Å². The van der Waals surface area contributed by atoms with Crippen LogP contribution in [0.25, 0.3) is 10.9 Å². The van der Waals surface area contributed by atoms with Crippen molar-refractivity contribution in [2.45, 2.75) is 19.3 Å². The lowest BCUT2D eigenvalue weighted by atomic mass is 9.97. The van der Waals surface area contributed by atoms with Crippen LogP contribution < -0.4 is 4.74 Å². The number of aromatic nitrogens is 1. The molecule has 0 bridgehead atoms. The van der Waals surface area contributed by atoms with E-state index in [2.05, 4.69) is 30.1 Å². The van der Waals surface area contributed by atoms with Crippen LogP contribution in [0.4, 0.5) is 0 Å². The number of para-hydroxylation sites is 1. The molecule has 112 valence electrons. The number of ketones is 1. The molecule has 0 aliphatic heterocycles. The Morgan fingerprint density at radius 1 is 1.14 bits per heavy atom. The summed E-state index contributed by atoms with van der Waals surface area (Å²) < 4.78 is 5.12. The molecule has 0 aliphatic rings. The van der Waals surface area contributed by atoms with Crippen LogP contribution in [-0.4, -0.2) is 17.9 Å². The van der Waals surface area contributed by atoms with Gasteiger partial charge in [0.2, 0.25) is 0 Å². The molecule has 0 unspecified atom stereocenters. The molecule has 0 spiro atoms. The van der Waals surface area contributed by atoms with E-state index in [1.807, 2.05) is 36.4 Å². The predicted octanol–water partition coefficient (Wildman–Crippen LogP) is 4.55. The summed E-state index contributed by atoms with van der Waals surface area (Å²) in [7, 11) is 1.62. The summed E-state index contributed by atoms with van der Waals surface area (Å²) in [5, 5.41) is 1.18. The molecule has 1 N–H and O–H groups in total. The smallest absolute Gasteiger partial charge is 0.163 e. The number of Topliss-reactive ketones (excluding diaryl/α,β-unsaturated/α-hetero) is 1. The molecule has 0 amide bonds. The Morgan fingerprint density at radius 3 is 2.55 bits per heavy atom. The second-order valence-electron chi connectivity index (χ2n) is 5.57. The maximum absolute atomic E-state index is 12.4. The highest BCUT2D eigenvalue weighted by molar-refractivity contribution is 5.96. The van der Waals surface area contributed by atoms with Crippen LogP contribution in [0.3, 0.4) is 0 Å². The Morgan fingerprint density at radius 2 is 1.86 bits per heavy atom. The monoisotopic (exact) mass is 293 g/mol. The standard InChI is InChI=1S/C19H19NO2/c1-13(18-12-15-5-3-4-6-17(15)20-18)11-19(21)14-7-9-16(22-2)10-8-14/h3-10,12-13,20H,11H2,1-2H3/t13-/m1/s1. The van der Waals surface area contributed by atoms with Crippen molar-refractivity contribution in [1.29, 1.82) is 0 Å². The zero-order chi connectivity index (χ0) is 15.5. The second-order valence-corrected chi connectivity index (χ2v) is 5.57. The molecule has 0 fully saturated rings. The van der Waals surface area contributed by atoms with E-state index >= 15 is 0 Å². The molecule has 0 aliphatic carbocycles. The van der Waals surface area contributed by atoms with E-state index in [0.717, 1.165) is 22.5 Å². The van der Waals surface area contributed by atoms with Gasteiger partial charge < -0.3 is 9.72 Å². The Bertz CT molecular complexity index is 754. The van der Waals surface area contributed by atoms with Crippen LogP contribution in [0, 0.1) is 0 Å². The molecule has 22 heavy (non-hydrogen) atoms. The average Bonchev–Trinajstić information content (AvgIpc) is 2.99. The first kappa shape index (κ1) is 14.4. The summed E-state index contributed by atoms with van der Waals surface area (Å²) in [6.07, 6.45) is 0.485. The number of benzene rings is 2. The molecule has 1 aromatic heterocycles. The van der Waals surface area contributed by atoms with Crippen LogP contribution in [0.5, 0.6) is 5.75 Å². The summed E-state index contributed by atoms with van der Waals surface area (Å²) in [5.41, 5.74) is 2.94. The molecule has 3 nitrogen and oxygen atoms in total. The number of carbonyl (C=O) groups excluding carboxylic acids is 1. The minimum absolute atomic E-state index is 0.147. The van der Waals surface area contributed by atoms with Gasteiger partial charge in [-0.1, -0.05) is 25.1 Å². The van der Waals surface area contributed by atoms with E-state index < -0.39 is 0 Å². The number of hydrogen-bond donors (Lipinski definition) is 1. The first-order valence-electron chi connectivity index (χ1n) is 7.42. The number of rotatable bonds is 5. The molecule has 1 heterocycles. The highest BCUT2D eigenvalue weighted by Gasteiger charge is 2.15. The molecule has 3 aromatic rings. The lowest BCUT2D eigenvalue weighted by molar-refractivity contribution is 0.0975. The summed E-state index contributed by atoms with van der Waals surface area (Å²) in [6.45, 7) is 2.08. The topological polar surface area (TPSA) is 42.1 Å². The number of aromatic amines is 1. The van der Waals surface area contributed by atoms with Crippen molar-refractivity contribution in [1.82, 2.24) is 4.98 Å². The highest BCUT2D eigenvalue weighted by atomic mass is 16.5. The normalized spacial score (nSPS) is 12.3. The number of carbonyl (C=O) groups is 1. The number of methoxy groups -OCH3 is 1. The third-order valence-corrected chi connectivity index (χ3v) is 3.99. The van der Waals surface area contributed by atoms with Gasteiger partial charge in [0.25, 0.3) is 0 Å². The third-order valence-electron chi connectivity index (χ3n) is 3.99. The molecule has 0 saturated carbocycles. The molecule has 0 radical (unpaired) electrons. The Labute approximate surface area is 129 Å². The van der Waals surface area contributed by atoms with Gasteiger partial charge in [0.1, 0.15) is 5.75 Å². The van der Waals surface area contributed by atoms with E-state index in [4.69, 9.17) is 4.74 Å². The van der Waals surface area contributed by atoms with Crippen LogP contribution in [0.1, 0.15) is 35.3 Å². The summed E-state index contributed by atoms with van der Waals surface area (Å²) in [5.74, 6) is 1.07. The second kappa shape index (κ2) is 6.06. The number of ether oxygens (including phenoxy) is 1. The summed E-state index contributed by atoms with van der Waals surface area (Å²) in [4.78, 5) is 15.8. The van der Waals surface area contributed by atoms with Crippen molar-refractivity contribution in [3.8, 4) is 5.75 Å². The predicted molar refractivity (Wildman–Crippen MR) is 88.7 cm³/mol. The lowest BCUT2D eigenvalue weighted by Gasteiger charge is -2.09. The van der Waals surface area contributed by atoms with Gasteiger partial charge in [0.05, 0.1) is 7.11 Å². The zero-order valence-corrected chi connectivity index (χ0v) is 12.8. The number of hydrogen-bond acceptors (Lipinski definition) is 2. The minimum Gasteiger partial charge on any atom is -0.497 e. The highest BCUT2D eigenvalue weighted by Crippen LogP contribution is 2.25. The summed E-state index contributed by atoms with van der Waals surface area (Å²) >= 11 is 0. The van der Waals surface area contributed by atoms with Crippen molar-refractivity contribution in [2.24, 2.45) is 0 Å². The maximum Gasteiger partial charge on any atom is 0.163 e. The van der Waals surface area contributed by atoms with Crippen LogP contribution in [0.2, 0.25) is 0 Å². The van der Waals surface area contributed by atoms with Gasteiger partial charge in [-0.05, 0) is 41.8 Å². The molecule has 3 heteroatoms. The van der Waals surface area contributed by atoms with E-state index in [1.165, 1.54) is 5.39 Å². The van der Waals surface area contributed by atoms with Crippen LogP contribution in [-0.2, 0) is 0 Å². The average molecular weight is 293 g/mol. The van der Waals surface area contributed by atoms with Gasteiger partial charge in [-0.2, -0.15) is 0 Å². The van der Waals surface area contributed by atoms with E-state index in [-0.39, 0.29) is 11.7 Å². The fourth-order valence-electron chi connectivity index (χ4n) is 2.64. The van der Waals surface area contributed by atoms with E-state index in [1.54, 1.807) is 7.11 Å². The Kier molecular flexibility index (Phi) is 3.96. The first-order chi connectivity index (χ1) is 10.7. The minimum atomic E-state index is 0.147. The van der Waals surface area contributed by atoms with Gasteiger partial charge in [-0.15, -0.1) is 0 Å². The maximum atomic E-state index is 12.4. The molecule has 3 rings (SSSR count). The Hall–Kier alpha value is -2.55. The van der Waals surface area contributed by atoms with E-state index in [0.29, 0.717) is 6.42 Å². The third kappa shape index (κ3) is 2.89. The summed E-state index contributed by atoms with van der Waals surface area (Å²) in [6, 6.07) is 17.6. The van der Waals surface area contributed by atoms with Gasteiger partial charge in [-0.25, -0.2) is 0 Å². The van der Waals surface area contributed by atoms with Gasteiger partial charge in [-0.3, -0.25) is 4.79 Å². The first-order valence-corrected chi connectivity index (χ1v) is 7.42. The number of H-pyrrole nitrogens is 1. The molecule has 2 aromatic carbocycles. The van der Waals surface area contributed by atoms with Crippen LogP contribution >= 0.6 is 0 Å². The van der Waals surface area contributed by atoms with E-state index in [9.17, 15) is 4.79 Å². The molecular formula is C19H19NO2.